The maximum absolute atomic E-state index is 6.30. The topological polar surface area (TPSA) is 29.3 Å². The van der Waals surface area contributed by atoms with Gasteiger partial charge in [-0.2, -0.15) is 0 Å². The third kappa shape index (κ3) is 4.23. The summed E-state index contributed by atoms with van der Waals surface area (Å²) >= 11 is 7.70. The van der Waals surface area contributed by atoms with Crippen molar-refractivity contribution in [1.82, 2.24) is 4.90 Å². The molecule has 0 spiro atoms. The van der Waals surface area contributed by atoms with E-state index < -0.39 is 0 Å². The Hall–Kier alpha value is -0.0900. The van der Waals surface area contributed by atoms with Gasteiger partial charge < -0.3 is 5.73 Å². The molecule has 3 atom stereocenters. The average molecular weight is 289 g/mol. The first kappa shape index (κ1) is 16.0. The number of halogens is 1. The molecule has 4 heteroatoms. The molecule has 3 unspecified atom stereocenters. The van der Waals surface area contributed by atoms with E-state index in [9.17, 15) is 0 Å². The number of rotatable bonds is 7. The first-order chi connectivity index (χ1) is 8.49. The van der Waals surface area contributed by atoms with Gasteiger partial charge in [-0.15, -0.1) is 11.3 Å². The van der Waals surface area contributed by atoms with E-state index >= 15 is 0 Å². The second kappa shape index (κ2) is 7.49. The molecule has 0 aromatic carbocycles. The molecule has 18 heavy (non-hydrogen) atoms. The zero-order chi connectivity index (χ0) is 13.7. The fraction of sp³-hybridized carbons (Fsp3) is 0.714. The lowest BCUT2D eigenvalue weighted by Gasteiger charge is -2.33. The Labute approximate surface area is 120 Å². The summed E-state index contributed by atoms with van der Waals surface area (Å²) in [5, 5.41) is 0. The van der Waals surface area contributed by atoms with Gasteiger partial charge in [0.15, 0.2) is 0 Å². The van der Waals surface area contributed by atoms with Crippen LogP contribution in [-0.2, 0) is 0 Å². The summed E-state index contributed by atoms with van der Waals surface area (Å²) in [4.78, 5) is 3.66. The lowest BCUT2D eigenvalue weighted by molar-refractivity contribution is 0.185. The Morgan fingerprint density at radius 1 is 1.33 bits per heavy atom. The molecule has 1 aromatic heterocycles. The lowest BCUT2D eigenvalue weighted by atomic mass is 10.0. The number of thiophene rings is 1. The van der Waals surface area contributed by atoms with Gasteiger partial charge in [0.1, 0.15) is 0 Å². The molecule has 0 amide bonds. The van der Waals surface area contributed by atoms with Crippen LogP contribution in [0.4, 0.5) is 0 Å². The maximum Gasteiger partial charge on any atom is 0.0931 e. The molecule has 1 rings (SSSR count). The zero-order valence-electron chi connectivity index (χ0n) is 11.8. The van der Waals surface area contributed by atoms with Crippen molar-refractivity contribution < 1.29 is 0 Å². The fourth-order valence-corrected chi connectivity index (χ4v) is 3.50. The second-order valence-corrected chi connectivity index (χ2v) is 6.86. The van der Waals surface area contributed by atoms with E-state index in [1.807, 2.05) is 6.07 Å². The van der Waals surface area contributed by atoms with Crippen LogP contribution in [0.3, 0.4) is 0 Å². The molecule has 0 aliphatic rings. The number of nitrogens with zero attached hydrogens (tertiary/aromatic N) is 1. The minimum Gasteiger partial charge on any atom is -0.326 e. The maximum atomic E-state index is 6.30. The normalized spacial score (nSPS) is 16.8. The summed E-state index contributed by atoms with van der Waals surface area (Å²) < 4.78 is 0.843. The highest BCUT2D eigenvalue weighted by Gasteiger charge is 2.25. The van der Waals surface area contributed by atoms with Crippen molar-refractivity contribution in [1.29, 1.82) is 0 Å². The van der Waals surface area contributed by atoms with Crippen LogP contribution >= 0.6 is 22.9 Å². The second-order valence-electron chi connectivity index (χ2n) is 5.11. The van der Waals surface area contributed by atoms with E-state index in [2.05, 4.69) is 38.8 Å². The largest absolute Gasteiger partial charge is 0.326 e. The summed E-state index contributed by atoms with van der Waals surface area (Å²) in [5.74, 6) is 0.692. The molecule has 2 nitrogen and oxygen atoms in total. The average Bonchev–Trinajstić information content (AvgIpc) is 2.75. The predicted molar refractivity (Wildman–Crippen MR) is 82.4 cm³/mol. The fourth-order valence-electron chi connectivity index (χ4n) is 2.20. The van der Waals surface area contributed by atoms with Crippen molar-refractivity contribution in [3.05, 3.63) is 21.3 Å². The number of likely N-dealkylation sites (N-methyl/N-ethyl adjacent to an activating group) is 1. The van der Waals surface area contributed by atoms with Gasteiger partial charge in [-0.25, -0.2) is 0 Å². The molecular weight excluding hydrogens is 264 g/mol. The van der Waals surface area contributed by atoms with E-state index in [4.69, 9.17) is 17.3 Å². The highest BCUT2D eigenvalue weighted by atomic mass is 35.5. The van der Waals surface area contributed by atoms with Crippen molar-refractivity contribution in [2.24, 2.45) is 11.7 Å². The SMILES string of the molecule is CCC(C)CN(C)C(c1ccc(Cl)s1)C(N)CC. The monoisotopic (exact) mass is 288 g/mol. The minimum absolute atomic E-state index is 0.161. The van der Waals surface area contributed by atoms with Gasteiger partial charge in [0.2, 0.25) is 0 Å². The van der Waals surface area contributed by atoms with E-state index in [1.54, 1.807) is 11.3 Å². The molecule has 104 valence electrons. The Balaban J connectivity index is 2.84. The molecule has 0 fully saturated rings. The zero-order valence-corrected chi connectivity index (χ0v) is 13.4. The highest BCUT2D eigenvalue weighted by molar-refractivity contribution is 7.16. The first-order valence-electron chi connectivity index (χ1n) is 6.70. The van der Waals surface area contributed by atoms with E-state index in [-0.39, 0.29) is 12.1 Å². The molecule has 0 saturated heterocycles. The van der Waals surface area contributed by atoms with Crippen molar-refractivity contribution in [2.45, 2.75) is 45.7 Å². The lowest BCUT2D eigenvalue weighted by Crippen LogP contribution is -2.40. The molecule has 0 saturated carbocycles. The van der Waals surface area contributed by atoms with Crippen molar-refractivity contribution in [3.63, 3.8) is 0 Å². The first-order valence-corrected chi connectivity index (χ1v) is 7.90. The summed E-state index contributed by atoms with van der Waals surface area (Å²) in [6.07, 6.45) is 2.18. The molecule has 1 heterocycles. The number of nitrogens with two attached hydrogens (primary N) is 1. The van der Waals surface area contributed by atoms with Crippen molar-refractivity contribution >= 4 is 22.9 Å². The Kier molecular flexibility index (Phi) is 6.64. The van der Waals surface area contributed by atoms with Crippen molar-refractivity contribution in [2.75, 3.05) is 13.6 Å². The summed E-state index contributed by atoms with van der Waals surface area (Å²) in [6.45, 7) is 7.73. The quantitative estimate of drug-likeness (QED) is 0.816. The van der Waals surface area contributed by atoms with Crippen LogP contribution in [-0.4, -0.2) is 24.5 Å². The van der Waals surface area contributed by atoms with Gasteiger partial charge >= 0.3 is 0 Å². The van der Waals surface area contributed by atoms with Crippen LogP contribution in [0.15, 0.2) is 12.1 Å². The van der Waals surface area contributed by atoms with Crippen LogP contribution in [0.2, 0.25) is 4.34 Å². The van der Waals surface area contributed by atoms with E-state index in [0.29, 0.717) is 5.92 Å². The third-order valence-electron chi connectivity index (χ3n) is 3.53. The van der Waals surface area contributed by atoms with Gasteiger partial charge in [0, 0.05) is 17.5 Å². The number of hydrogen-bond acceptors (Lipinski definition) is 3. The molecule has 0 aliphatic heterocycles. The predicted octanol–water partition coefficient (Wildman–Crippen LogP) is 4.16. The third-order valence-corrected chi connectivity index (χ3v) is 4.84. The molecule has 0 aliphatic carbocycles. The Bertz CT molecular complexity index is 353. The van der Waals surface area contributed by atoms with Crippen LogP contribution < -0.4 is 5.73 Å². The smallest absolute Gasteiger partial charge is 0.0931 e. The Morgan fingerprint density at radius 3 is 2.44 bits per heavy atom. The number of hydrogen-bond donors (Lipinski definition) is 1. The summed E-state index contributed by atoms with van der Waals surface area (Å²) in [7, 11) is 2.17. The van der Waals surface area contributed by atoms with Crippen LogP contribution in [0.25, 0.3) is 0 Å². The Morgan fingerprint density at radius 2 is 2.00 bits per heavy atom. The minimum atomic E-state index is 0.161. The standard InChI is InChI=1S/C14H25ClN2S/c1-5-10(3)9-17(4)14(11(16)6-2)12-7-8-13(15)18-12/h7-8,10-11,14H,5-6,9,16H2,1-4H3. The molecular formula is C14H25ClN2S. The van der Waals surface area contributed by atoms with E-state index in [0.717, 1.165) is 17.3 Å². The van der Waals surface area contributed by atoms with Gasteiger partial charge in [0.05, 0.1) is 10.4 Å². The summed E-state index contributed by atoms with van der Waals surface area (Å²) in [6, 6.07) is 4.52. The molecule has 0 radical (unpaired) electrons. The highest BCUT2D eigenvalue weighted by Crippen LogP contribution is 2.32. The van der Waals surface area contributed by atoms with Crippen LogP contribution in [0.5, 0.6) is 0 Å². The van der Waals surface area contributed by atoms with Gasteiger partial charge in [0.25, 0.3) is 0 Å². The molecule has 2 N–H and O–H groups in total. The van der Waals surface area contributed by atoms with Crippen molar-refractivity contribution in [3.8, 4) is 0 Å². The molecule has 0 bridgehead atoms. The van der Waals surface area contributed by atoms with Crippen LogP contribution in [0, 0.1) is 5.92 Å². The van der Waals surface area contributed by atoms with Gasteiger partial charge in [-0.1, -0.05) is 38.8 Å². The molecule has 1 aromatic rings. The summed E-state index contributed by atoms with van der Waals surface area (Å²) in [5.41, 5.74) is 6.30. The van der Waals surface area contributed by atoms with Gasteiger partial charge in [-0.05, 0) is 31.5 Å². The van der Waals surface area contributed by atoms with E-state index in [1.165, 1.54) is 11.3 Å². The van der Waals surface area contributed by atoms with Gasteiger partial charge in [-0.3, -0.25) is 4.90 Å². The van der Waals surface area contributed by atoms with Crippen LogP contribution in [0.1, 0.15) is 44.5 Å².